The van der Waals surface area contributed by atoms with E-state index in [0.29, 0.717) is 12.1 Å². The zero-order chi connectivity index (χ0) is 14.8. The molecule has 0 saturated heterocycles. The highest BCUT2D eigenvalue weighted by atomic mass is 16.6. The summed E-state index contributed by atoms with van der Waals surface area (Å²) in [7, 11) is 0. The first-order valence-corrected chi connectivity index (χ1v) is 7.21. The molecule has 0 bridgehead atoms. The lowest BCUT2D eigenvalue weighted by molar-refractivity contribution is -0.385. The van der Waals surface area contributed by atoms with Crippen LogP contribution in [0, 0.1) is 17.0 Å². The fourth-order valence-electron chi connectivity index (χ4n) is 2.49. The Labute approximate surface area is 124 Å². The fourth-order valence-corrected chi connectivity index (χ4v) is 2.49. The van der Waals surface area contributed by atoms with Crippen molar-refractivity contribution >= 4 is 11.4 Å². The molecule has 0 spiro atoms. The van der Waals surface area contributed by atoms with Crippen LogP contribution in [-0.2, 0) is 6.54 Å². The first kappa shape index (κ1) is 13.6. The van der Waals surface area contributed by atoms with Crippen LogP contribution in [0.3, 0.4) is 0 Å². The second kappa shape index (κ2) is 5.56. The van der Waals surface area contributed by atoms with Crippen LogP contribution in [-0.4, -0.2) is 4.92 Å². The molecule has 0 aromatic heterocycles. The van der Waals surface area contributed by atoms with Gasteiger partial charge in [-0.3, -0.25) is 10.1 Å². The largest absolute Gasteiger partial charge is 0.381 e. The van der Waals surface area contributed by atoms with Crippen LogP contribution in [0.1, 0.15) is 35.4 Å². The summed E-state index contributed by atoms with van der Waals surface area (Å²) in [5.74, 6) is 0.741. The normalized spacial score (nSPS) is 14.0. The van der Waals surface area contributed by atoms with Gasteiger partial charge in [-0.25, -0.2) is 0 Å². The molecule has 0 amide bonds. The Hall–Kier alpha value is -2.36. The zero-order valence-corrected chi connectivity index (χ0v) is 12.0. The highest BCUT2D eigenvalue weighted by molar-refractivity contribution is 5.55. The standard InChI is InChI=1S/C17H18N2O2/c1-12-5-8-16(10-17(12)19(20)21)18-11-13-3-2-4-15(9-13)14-6-7-14/h2-5,8-10,14,18H,6-7,11H2,1H3. The van der Waals surface area contributed by atoms with E-state index in [4.69, 9.17) is 0 Å². The molecule has 3 rings (SSSR count). The van der Waals surface area contributed by atoms with E-state index in [1.807, 2.05) is 6.07 Å². The van der Waals surface area contributed by atoms with Crippen LogP contribution < -0.4 is 5.32 Å². The SMILES string of the molecule is Cc1ccc(NCc2cccc(C3CC3)c2)cc1[N+](=O)[O-]. The molecule has 1 saturated carbocycles. The maximum Gasteiger partial charge on any atom is 0.274 e. The van der Waals surface area contributed by atoms with Gasteiger partial charge in [0.1, 0.15) is 0 Å². The van der Waals surface area contributed by atoms with Crippen molar-refractivity contribution in [1.29, 1.82) is 0 Å². The van der Waals surface area contributed by atoms with E-state index in [1.165, 1.54) is 24.0 Å². The van der Waals surface area contributed by atoms with Gasteiger partial charge in [0.2, 0.25) is 0 Å². The molecule has 0 radical (unpaired) electrons. The van der Waals surface area contributed by atoms with Crippen molar-refractivity contribution in [3.8, 4) is 0 Å². The number of nitro groups is 1. The number of aryl methyl sites for hydroxylation is 1. The van der Waals surface area contributed by atoms with Gasteiger partial charge < -0.3 is 5.32 Å². The third-order valence-electron chi connectivity index (χ3n) is 3.90. The van der Waals surface area contributed by atoms with Gasteiger partial charge in [-0.2, -0.15) is 0 Å². The van der Waals surface area contributed by atoms with E-state index in [9.17, 15) is 10.1 Å². The summed E-state index contributed by atoms with van der Waals surface area (Å²) in [5.41, 5.74) is 4.24. The number of benzene rings is 2. The molecule has 0 atom stereocenters. The lowest BCUT2D eigenvalue weighted by atomic mass is 10.1. The lowest BCUT2D eigenvalue weighted by Gasteiger charge is -2.08. The van der Waals surface area contributed by atoms with E-state index < -0.39 is 0 Å². The van der Waals surface area contributed by atoms with E-state index in [-0.39, 0.29) is 10.6 Å². The van der Waals surface area contributed by atoms with Crippen molar-refractivity contribution in [3.05, 3.63) is 69.3 Å². The van der Waals surface area contributed by atoms with Crippen molar-refractivity contribution in [2.24, 2.45) is 0 Å². The van der Waals surface area contributed by atoms with Gasteiger partial charge in [0, 0.05) is 23.9 Å². The summed E-state index contributed by atoms with van der Waals surface area (Å²) >= 11 is 0. The van der Waals surface area contributed by atoms with Crippen LogP contribution in [0.15, 0.2) is 42.5 Å². The number of hydrogen-bond donors (Lipinski definition) is 1. The van der Waals surface area contributed by atoms with Gasteiger partial charge in [0.25, 0.3) is 5.69 Å². The summed E-state index contributed by atoms with van der Waals surface area (Å²) in [4.78, 5) is 10.6. The summed E-state index contributed by atoms with van der Waals surface area (Å²) in [6.45, 7) is 2.43. The van der Waals surface area contributed by atoms with E-state index in [2.05, 4.69) is 29.6 Å². The van der Waals surface area contributed by atoms with Crippen LogP contribution in [0.5, 0.6) is 0 Å². The number of nitro benzene ring substituents is 1. The van der Waals surface area contributed by atoms with Gasteiger partial charge >= 0.3 is 0 Å². The van der Waals surface area contributed by atoms with Crippen molar-refractivity contribution in [1.82, 2.24) is 0 Å². The molecule has 1 N–H and O–H groups in total. The van der Waals surface area contributed by atoms with Crippen molar-refractivity contribution < 1.29 is 4.92 Å². The molecular formula is C17H18N2O2. The summed E-state index contributed by atoms with van der Waals surface area (Å²) in [6.07, 6.45) is 2.59. The highest BCUT2D eigenvalue weighted by Gasteiger charge is 2.23. The summed E-state index contributed by atoms with van der Waals surface area (Å²) in [6, 6.07) is 13.8. The molecule has 0 heterocycles. The highest BCUT2D eigenvalue weighted by Crippen LogP contribution is 2.40. The molecule has 1 aliphatic carbocycles. The zero-order valence-electron chi connectivity index (χ0n) is 12.0. The van der Waals surface area contributed by atoms with Crippen molar-refractivity contribution in [2.45, 2.75) is 32.2 Å². The number of nitrogens with zero attached hydrogens (tertiary/aromatic N) is 1. The minimum Gasteiger partial charge on any atom is -0.381 e. The third kappa shape index (κ3) is 3.21. The molecule has 0 unspecified atom stereocenters. The molecule has 4 heteroatoms. The van der Waals surface area contributed by atoms with Crippen LogP contribution in [0.4, 0.5) is 11.4 Å². The van der Waals surface area contributed by atoms with Crippen molar-refractivity contribution in [3.63, 3.8) is 0 Å². The van der Waals surface area contributed by atoms with Crippen LogP contribution in [0.25, 0.3) is 0 Å². The van der Waals surface area contributed by atoms with E-state index in [0.717, 1.165) is 11.6 Å². The Morgan fingerprint density at radius 2 is 2.05 bits per heavy atom. The second-order valence-electron chi connectivity index (χ2n) is 5.63. The summed E-state index contributed by atoms with van der Waals surface area (Å²) in [5, 5.41) is 14.2. The second-order valence-corrected chi connectivity index (χ2v) is 5.63. The van der Waals surface area contributed by atoms with E-state index >= 15 is 0 Å². The molecule has 2 aromatic carbocycles. The minimum atomic E-state index is -0.339. The third-order valence-corrected chi connectivity index (χ3v) is 3.90. The average Bonchev–Trinajstić information content (AvgIpc) is 3.31. The summed E-state index contributed by atoms with van der Waals surface area (Å²) < 4.78 is 0. The van der Waals surface area contributed by atoms with Gasteiger partial charge in [-0.05, 0) is 42.9 Å². The molecular weight excluding hydrogens is 264 g/mol. The number of nitrogens with one attached hydrogen (secondary N) is 1. The average molecular weight is 282 g/mol. The number of anilines is 1. The van der Waals surface area contributed by atoms with Gasteiger partial charge in [-0.15, -0.1) is 0 Å². The van der Waals surface area contributed by atoms with Crippen LogP contribution >= 0.6 is 0 Å². The van der Waals surface area contributed by atoms with Gasteiger partial charge in [-0.1, -0.05) is 30.3 Å². The molecule has 2 aromatic rings. The van der Waals surface area contributed by atoms with Crippen molar-refractivity contribution in [2.75, 3.05) is 5.32 Å². The number of rotatable bonds is 5. The molecule has 1 fully saturated rings. The Kier molecular flexibility index (Phi) is 3.60. The Bertz CT molecular complexity index is 678. The predicted molar refractivity (Wildman–Crippen MR) is 83.6 cm³/mol. The number of hydrogen-bond acceptors (Lipinski definition) is 3. The van der Waals surface area contributed by atoms with E-state index in [1.54, 1.807) is 19.1 Å². The van der Waals surface area contributed by atoms with Crippen LogP contribution in [0.2, 0.25) is 0 Å². The Morgan fingerprint density at radius 1 is 1.24 bits per heavy atom. The molecule has 108 valence electrons. The quantitative estimate of drug-likeness (QED) is 0.653. The maximum absolute atomic E-state index is 11.0. The maximum atomic E-state index is 11.0. The monoisotopic (exact) mass is 282 g/mol. The fraction of sp³-hybridized carbons (Fsp3) is 0.294. The minimum absolute atomic E-state index is 0.159. The Balaban J connectivity index is 1.71. The molecule has 1 aliphatic rings. The molecule has 21 heavy (non-hydrogen) atoms. The smallest absolute Gasteiger partial charge is 0.274 e. The van der Waals surface area contributed by atoms with Gasteiger partial charge in [0.05, 0.1) is 4.92 Å². The first-order valence-electron chi connectivity index (χ1n) is 7.21. The molecule has 4 nitrogen and oxygen atoms in total. The predicted octanol–water partition coefficient (Wildman–Crippen LogP) is 4.39. The Morgan fingerprint density at radius 3 is 2.76 bits per heavy atom. The van der Waals surface area contributed by atoms with Gasteiger partial charge in [0.15, 0.2) is 0 Å². The lowest BCUT2D eigenvalue weighted by Crippen LogP contribution is -2.01. The topological polar surface area (TPSA) is 55.2 Å². The first-order chi connectivity index (χ1) is 10.1. The molecule has 0 aliphatic heterocycles.